The molecule has 0 bridgehead atoms. The van der Waals surface area contributed by atoms with Crippen LogP contribution in [0.2, 0.25) is 10.0 Å². The first-order chi connectivity index (χ1) is 8.58. The van der Waals surface area contributed by atoms with Gasteiger partial charge in [-0.25, -0.2) is 0 Å². The summed E-state index contributed by atoms with van der Waals surface area (Å²) in [5, 5.41) is 12.6. The lowest BCUT2D eigenvalue weighted by atomic mass is 10.1. The largest absolute Gasteiger partial charge is 0.505 e. The third kappa shape index (κ3) is 1.95. The molecule has 2 atom stereocenters. The van der Waals surface area contributed by atoms with Crippen LogP contribution in [-0.4, -0.2) is 11.0 Å². The second kappa shape index (κ2) is 4.32. The molecule has 2 aliphatic carbocycles. The lowest BCUT2D eigenvalue weighted by molar-refractivity contribution is -0.118. The highest BCUT2D eigenvalue weighted by atomic mass is 35.5. The van der Waals surface area contributed by atoms with E-state index < -0.39 is 0 Å². The maximum Gasteiger partial charge on any atom is 0.228 e. The van der Waals surface area contributed by atoms with Gasteiger partial charge in [0, 0.05) is 11.6 Å². The van der Waals surface area contributed by atoms with E-state index in [1.807, 2.05) is 0 Å². The number of hydrogen-bond donors (Lipinski definition) is 2. The van der Waals surface area contributed by atoms with Crippen LogP contribution >= 0.6 is 23.2 Å². The van der Waals surface area contributed by atoms with Crippen LogP contribution in [0.1, 0.15) is 19.3 Å². The van der Waals surface area contributed by atoms with Gasteiger partial charge >= 0.3 is 0 Å². The number of amides is 1. The number of rotatable bonds is 2. The van der Waals surface area contributed by atoms with Crippen molar-refractivity contribution in [2.24, 2.45) is 17.8 Å². The Balaban J connectivity index is 1.71. The molecule has 3 rings (SSSR count). The number of phenols is 1. The van der Waals surface area contributed by atoms with Crippen LogP contribution in [0.5, 0.6) is 5.75 Å². The molecule has 0 spiro atoms. The van der Waals surface area contributed by atoms with Gasteiger partial charge in [-0.15, -0.1) is 0 Å². The number of fused-ring (bicyclic) bond motifs is 1. The van der Waals surface area contributed by atoms with E-state index in [1.165, 1.54) is 31.4 Å². The van der Waals surface area contributed by atoms with Crippen molar-refractivity contribution in [3.05, 3.63) is 22.2 Å². The number of halogens is 2. The predicted molar refractivity (Wildman–Crippen MR) is 71.1 cm³/mol. The first-order valence-electron chi connectivity index (χ1n) is 6.07. The molecule has 0 radical (unpaired) electrons. The second-order valence-corrected chi connectivity index (χ2v) is 5.88. The molecule has 0 aliphatic heterocycles. The van der Waals surface area contributed by atoms with E-state index in [0.717, 1.165) is 0 Å². The number of carbonyl (C=O) groups excluding carboxylic acids is 1. The molecular weight excluding hydrogens is 273 g/mol. The summed E-state index contributed by atoms with van der Waals surface area (Å²) in [6.45, 7) is 0. The van der Waals surface area contributed by atoms with Crippen LogP contribution in [0.25, 0.3) is 0 Å². The monoisotopic (exact) mass is 285 g/mol. The Bertz CT molecular complexity index is 485. The average Bonchev–Trinajstić information content (AvgIpc) is 2.80. The molecule has 0 aromatic heterocycles. The lowest BCUT2D eigenvalue weighted by Crippen LogP contribution is -2.16. The SMILES string of the molecule is O=C(Nc1cc(Cl)c(O)c(Cl)c1)C1C2CCCC21. The fourth-order valence-electron chi connectivity index (χ4n) is 3.07. The van der Waals surface area contributed by atoms with E-state index >= 15 is 0 Å². The van der Waals surface area contributed by atoms with Gasteiger partial charge in [-0.3, -0.25) is 4.79 Å². The highest BCUT2D eigenvalue weighted by molar-refractivity contribution is 6.37. The van der Waals surface area contributed by atoms with Gasteiger partial charge in [0.15, 0.2) is 5.75 Å². The Kier molecular flexibility index (Phi) is 2.91. The Morgan fingerprint density at radius 1 is 1.22 bits per heavy atom. The predicted octanol–water partition coefficient (Wildman–Crippen LogP) is 3.68. The average molecular weight is 286 g/mol. The minimum Gasteiger partial charge on any atom is -0.505 e. The number of hydrogen-bond acceptors (Lipinski definition) is 2. The first kappa shape index (κ1) is 12.1. The van der Waals surface area contributed by atoms with Crippen molar-refractivity contribution in [3.63, 3.8) is 0 Å². The van der Waals surface area contributed by atoms with Crippen molar-refractivity contribution >= 4 is 34.8 Å². The molecule has 2 fully saturated rings. The molecule has 0 saturated heterocycles. The van der Waals surface area contributed by atoms with Crippen molar-refractivity contribution in [2.75, 3.05) is 5.32 Å². The van der Waals surface area contributed by atoms with Crippen molar-refractivity contribution in [3.8, 4) is 5.75 Å². The van der Waals surface area contributed by atoms with Gasteiger partial charge < -0.3 is 10.4 Å². The minimum absolute atomic E-state index is 0.0440. The molecule has 0 heterocycles. The van der Waals surface area contributed by atoms with Crippen LogP contribution < -0.4 is 5.32 Å². The minimum atomic E-state index is -0.153. The molecule has 18 heavy (non-hydrogen) atoms. The van der Waals surface area contributed by atoms with Gasteiger partial charge in [-0.2, -0.15) is 0 Å². The van der Waals surface area contributed by atoms with E-state index in [9.17, 15) is 9.90 Å². The number of anilines is 1. The lowest BCUT2D eigenvalue weighted by Gasteiger charge is -2.08. The number of nitrogens with one attached hydrogen (secondary N) is 1. The molecule has 1 aromatic carbocycles. The summed E-state index contributed by atoms with van der Waals surface area (Å²) in [5.41, 5.74) is 0.540. The zero-order valence-corrected chi connectivity index (χ0v) is 11.1. The van der Waals surface area contributed by atoms with Crippen LogP contribution in [0, 0.1) is 17.8 Å². The number of aromatic hydroxyl groups is 1. The van der Waals surface area contributed by atoms with Crippen LogP contribution in [0.15, 0.2) is 12.1 Å². The summed E-state index contributed by atoms with van der Waals surface area (Å²) >= 11 is 11.6. The molecule has 3 nitrogen and oxygen atoms in total. The zero-order valence-electron chi connectivity index (χ0n) is 9.62. The summed E-state index contributed by atoms with van der Waals surface area (Å²) in [4.78, 5) is 12.0. The maximum atomic E-state index is 12.0. The Morgan fingerprint density at radius 2 is 1.78 bits per heavy atom. The van der Waals surface area contributed by atoms with Crippen molar-refractivity contribution in [1.29, 1.82) is 0 Å². The first-order valence-corrected chi connectivity index (χ1v) is 6.82. The molecule has 96 valence electrons. The van der Waals surface area contributed by atoms with Gasteiger partial charge in [-0.1, -0.05) is 29.6 Å². The summed E-state index contributed by atoms with van der Waals surface area (Å²) in [5.74, 6) is 1.20. The molecule has 2 saturated carbocycles. The van der Waals surface area contributed by atoms with E-state index in [2.05, 4.69) is 5.32 Å². The van der Waals surface area contributed by atoms with Gasteiger partial charge in [0.1, 0.15) is 0 Å². The number of carbonyl (C=O) groups is 1. The molecule has 2 N–H and O–H groups in total. The summed E-state index contributed by atoms with van der Waals surface area (Å²) in [6.07, 6.45) is 3.58. The molecule has 1 aromatic rings. The topological polar surface area (TPSA) is 49.3 Å². The molecule has 2 aliphatic rings. The quantitative estimate of drug-likeness (QED) is 0.815. The molecule has 2 unspecified atom stereocenters. The third-order valence-corrected chi connectivity index (χ3v) is 4.57. The summed E-state index contributed by atoms with van der Waals surface area (Å²) in [7, 11) is 0. The van der Waals surface area contributed by atoms with Crippen molar-refractivity contribution < 1.29 is 9.90 Å². The Morgan fingerprint density at radius 3 is 2.33 bits per heavy atom. The fraction of sp³-hybridized carbons (Fsp3) is 0.462. The number of benzene rings is 1. The van der Waals surface area contributed by atoms with Gasteiger partial charge in [0.2, 0.25) is 5.91 Å². The van der Waals surface area contributed by atoms with Gasteiger partial charge in [0.25, 0.3) is 0 Å². The van der Waals surface area contributed by atoms with Gasteiger partial charge in [0.05, 0.1) is 10.0 Å². The highest BCUT2D eigenvalue weighted by Crippen LogP contribution is 2.57. The summed E-state index contributed by atoms with van der Waals surface area (Å²) in [6, 6.07) is 3.03. The van der Waals surface area contributed by atoms with E-state index in [1.54, 1.807) is 0 Å². The normalized spacial score (nSPS) is 28.9. The zero-order chi connectivity index (χ0) is 12.9. The Labute approximate surface area is 115 Å². The maximum absolute atomic E-state index is 12.0. The Hall–Kier alpha value is -0.930. The summed E-state index contributed by atoms with van der Waals surface area (Å²) < 4.78 is 0. The standard InChI is InChI=1S/C13H13Cl2NO2/c14-9-4-6(5-10(15)12(9)17)16-13(18)11-7-2-1-3-8(7)11/h4-5,7-8,11,17H,1-3H2,(H,16,18). The van der Waals surface area contributed by atoms with Crippen molar-refractivity contribution in [1.82, 2.24) is 0 Å². The fourth-order valence-corrected chi connectivity index (χ4v) is 3.56. The van der Waals surface area contributed by atoms with Crippen LogP contribution in [0.4, 0.5) is 5.69 Å². The van der Waals surface area contributed by atoms with E-state index in [0.29, 0.717) is 17.5 Å². The highest BCUT2D eigenvalue weighted by Gasteiger charge is 2.56. The number of phenolic OH excluding ortho intramolecular Hbond substituents is 1. The molecule has 1 amide bonds. The van der Waals surface area contributed by atoms with Crippen molar-refractivity contribution in [2.45, 2.75) is 19.3 Å². The molecular formula is C13H13Cl2NO2. The third-order valence-electron chi connectivity index (χ3n) is 3.99. The van der Waals surface area contributed by atoms with Gasteiger partial charge in [-0.05, 0) is 36.8 Å². The van der Waals surface area contributed by atoms with Crippen LogP contribution in [0.3, 0.4) is 0 Å². The second-order valence-electron chi connectivity index (χ2n) is 5.06. The molecule has 5 heteroatoms. The smallest absolute Gasteiger partial charge is 0.228 e. The van der Waals surface area contributed by atoms with Crippen LogP contribution in [-0.2, 0) is 4.79 Å². The van der Waals surface area contributed by atoms with E-state index in [4.69, 9.17) is 23.2 Å². The van der Waals surface area contributed by atoms with E-state index in [-0.39, 0.29) is 27.6 Å².